The predicted octanol–water partition coefficient (Wildman–Crippen LogP) is 7.87. The molecule has 0 aliphatic carbocycles. The summed E-state index contributed by atoms with van der Waals surface area (Å²) in [5.74, 6) is 0. The van der Waals surface area contributed by atoms with Crippen LogP contribution in [0.1, 0.15) is 11.1 Å². The summed E-state index contributed by atoms with van der Waals surface area (Å²) in [7, 11) is 0. The van der Waals surface area contributed by atoms with E-state index in [1.165, 1.54) is 0 Å². The molecule has 6 nitrogen and oxygen atoms in total. The number of amides is 4. The summed E-state index contributed by atoms with van der Waals surface area (Å²) in [5.41, 5.74) is 4.77. The Bertz CT molecular complexity index is 1220. The minimum atomic E-state index is -0.345. The number of anilines is 4. The molecule has 35 heavy (non-hydrogen) atoms. The van der Waals surface area contributed by atoms with Gasteiger partial charge >= 0.3 is 12.1 Å². The molecule has 0 bridgehead atoms. The van der Waals surface area contributed by atoms with Gasteiger partial charge in [-0.1, -0.05) is 59.6 Å². The molecule has 0 aliphatic rings. The van der Waals surface area contributed by atoms with Crippen molar-refractivity contribution >= 4 is 58.0 Å². The van der Waals surface area contributed by atoms with Crippen LogP contribution in [0.5, 0.6) is 0 Å². The lowest BCUT2D eigenvalue weighted by atomic mass is 10.0. The molecule has 176 valence electrons. The van der Waals surface area contributed by atoms with Gasteiger partial charge in [0.25, 0.3) is 0 Å². The maximum absolute atomic E-state index is 12.2. The van der Waals surface area contributed by atoms with E-state index < -0.39 is 0 Å². The largest absolute Gasteiger partial charge is 0.323 e. The van der Waals surface area contributed by atoms with E-state index in [1.807, 2.05) is 48.5 Å². The Morgan fingerprint density at radius 2 is 0.886 bits per heavy atom. The molecule has 0 atom stereocenters. The van der Waals surface area contributed by atoms with Crippen molar-refractivity contribution in [3.8, 4) is 0 Å². The average Bonchev–Trinajstić information content (AvgIpc) is 2.81. The van der Waals surface area contributed by atoms with Gasteiger partial charge in [-0.05, 0) is 78.2 Å². The lowest BCUT2D eigenvalue weighted by Crippen LogP contribution is -2.19. The predicted molar refractivity (Wildman–Crippen MR) is 144 cm³/mol. The van der Waals surface area contributed by atoms with Gasteiger partial charge in [-0.25, -0.2) is 9.59 Å². The highest BCUT2D eigenvalue weighted by Crippen LogP contribution is 2.19. The van der Waals surface area contributed by atoms with Gasteiger partial charge in [-0.15, -0.1) is 0 Å². The molecular weight excluding hydrogens is 483 g/mol. The number of urea groups is 2. The Balaban J connectivity index is 1.27. The molecule has 8 heteroatoms. The second-order valence-corrected chi connectivity index (χ2v) is 8.62. The van der Waals surface area contributed by atoms with E-state index in [4.69, 9.17) is 23.2 Å². The summed E-state index contributed by atoms with van der Waals surface area (Å²) in [6, 6.07) is 28.5. The number of carbonyl (C=O) groups is 2. The van der Waals surface area contributed by atoms with Crippen molar-refractivity contribution in [1.82, 2.24) is 0 Å². The molecule has 4 amide bonds. The first-order valence-electron chi connectivity index (χ1n) is 10.8. The van der Waals surface area contributed by atoms with Crippen LogP contribution >= 0.6 is 23.2 Å². The fraction of sp³-hybridized carbons (Fsp3) is 0.0370. The van der Waals surface area contributed by atoms with Crippen LogP contribution in [0.4, 0.5) is 32.3 Å². The van der Waals surface area contributed by atoms with Crippen LogP contribution in [0.3, 0.4) is 0 Å². The lowest BCUT2D eigenvalue weighted by molar-refractivity contribution is 0.261. The van der Waals surface area contributed by atoms with Gasteiger partial charge in [-0.3, -0.25) is 0 Å². The van der Waals surface area contributed by atoms with Crippen molar-refractivity contribution in [3.05, 3.63) is 118 Å². The highest BCUT2D eigenvalue weighted by atomic mass is 35.5. The Morgan fingerprint density at radius 3 is 1.26 bits per heavy atom. The van der Waals surface area contributed by atoms with E-state index in [2.05, 4.69) is 21.3 Å². The van der Waals surface area contributed by atoms with E-state index in [1.54, 1.807) is 48.5 Å². The van der Waals surface area contributed by atoms with Crippen molar-refractivity contribution in [2.45, 2.75) is 6.42 Å². The lowest BCUT2D eigenvalue weighted by Gasteiger charge is -2.10. The van der Waals surface area contributed by atoms with E-state index in [0.29, 0.717) is 39.2 Å². The molecule has 0 fully saturated rings. The first kappa shape index (κ1) is 24.1. The van der Waals surface area contributed by atoms with Crippen molar-refractivity contribution in [3.63, 3.8) is 0 Å². The Morgan fingerprint density at radius 1 is 0.514 bits per heavy atom. The van der Waals surface area contributed by atoms with Crippen LogP contribution < -0.4 is 21.3 Å². The smallest absolute Gasteiger partial charge is 0.308 e. The van der Waals surface area contributed by atoms with Crippen molar-refractivity contribution in [2.24, 2.45) is 0 Å². The van der Waals surface area contributed by atoms with Gasteiger partial charge in [0, 0.05) is 32.8 Å². The number of rotatable bonds is 6. The number of hydrogen-bond acceptors (Lipinski definition) is 2. The standard InChI is InChI=1S/C27H22Cl2N4O2/c28-20-3-1-5-24(16-20)32-26(34)30-22-11-7-18(8-12-22)15-19-9-13-23(14-10-19)31-27(35)33-25-6-2-4-21(29)17-25/h1-14,16-17H,15H2,(H2,30,32,34)(H2,31,33,35). The second-order valence-electron chi connectivity index (χ2n) is 7.75. The van der Waals surface area contributed by atoms with Gasteiger partial charge in [0.05, 0.1) is 0 Å². The third kappa shape index (κ3) is 7.50. The zero-order chi connectivity index (χ0) is 24.6. The molecule has 0 aromatic heterocycles. The van der Waals surface area contributed by atoms with Crippen LogP contribution in [0.25, 0.3) is 0 Å². The second kappa shape index (κ2) is 11.4. The van der Waals surface area contributed by atoms with Crippen LogP contribution in [0, 0.1) is 0 Å². The van der Waals surface area contributed by atoms with Crippen LogP contribution in [0.2, 0.25) is 10.0 Å². The third-order valence-corrected chi connectivity index (χ3v) is 5.47. The van der Waals surface area contributed by atoms with Gasteiger partial charge in [-0.2, -0.15) is 0 Å². The van der Waals surface area contributed by atoms with Crippen molar-refractivity contribution < 1.29 is 9.59 Å². The number of carbonyl (C=O) groups excluding carboxylic acids is 2. The Kier molecular flexibility index (Phi) is 7.88. The first-order valence-corrected chi connectivity index (χ1v) is 11.5. The molecule has 0 heterocycles. The molecule has 0 saturated carbocycles. The van der Waals surface area contributed by atoms with E-state index in [0.717, 1.165) is 11.1 Å². The van der Waals surface area contributed by atoms with Gasteiger partial charge < -0.3 is 21.3 Å². The highest BCUT2D eigenvalue weighted by molar-refractivity contribution is 6.31. The quantitative estimate of drug-likeness (QED) is 0.215. The molecule has 4 rings (SSSR count). The molecule has 0 aliphatic heterocycles. The van der Waals surface area contributed by atoms with Crippen molar-refractivity contribution in [1.29, 1.82) is 0 Å². The third-order valence-electron chi connectivity index (χ3n) is 5.00. The minimum absolute atomic E-state index is 0.345. The molecule has 0 unspecified atom stereocenters. The van der Waals surface area contributed by atoms with Gasteiger partial charge in [0.15, 0.2) is 0 Å². The normalized spacial score (nSPS) is 10.3. The number of hydrogen-bond donors (Lipinski definition) is 4. The zero-order valence-corrected chi connectivity index (χ0v) is 20.0. The maximum Gasteiger partial charge on any atom is 0.323 e. The number of nitrogens with one attached hydrogen (secondary N) is 4. The average molecular weight is 505 g/mol. The summed E-state index contributed by atoms with van der Waals surface area (Å²) < 4.78 is 0. The Hall–Kier alpha value is -4.00. The fourth-order valence-corrected chi connectivity index (χ4v) is 3.75. The summed E-state index contributed by atoms with van der Waals surface area (Å²) in [5, 5.41) is 12.2. The number of benzene rings is 4. The summed E-state index contributed by atoms with van der Waals surface area (Å²) in [6.07, 6.45) is 0.712. The summed E-state index contributed by atoms with van der Waals surface area (Å²) in [6.45, 7) is 0. The minimum Gasteiger partial charge on any atom is -0.308 e. The maximum atomic E-state index is 12.2. The molecule has 4 N–H and O–H groups in total. The molecule has 0 radical (unpaired) electrons. The molecule has 0 spiro atoms. The topological polar surface area (TPSA) is 82.3 Å². The molecule has 0 saturated heterocycles. The summed E-state index contributed by atoms with van der Waals surface area (Å²) in [4.78, 5) is 24.4. The first-order chi connectivity index (χ1) is 16.9. The summed E-state index contributed by atoms with van der Waals surface area (Å²) >= 11 is 11.9. The monoisotopic (exact) mass is 504 g/mol. The van der Waals surface area contributed by atoms with E-state index in [9.17, 15) is 9.59 Å². The Labute approximate surface area is 213 Å². The molecular formula is C27H22Cl2N4O2. The zero-order valence-electron chi connectivity index (χ0n) is 18.5. The van der Waals surface area contributed by atoms with E-state index in [-0.39, 0.29) is 12.1 Å². The van der Waals surface area contributed by atoms with Crippen LogP contribution in [-0.2, 0) is 6.42 Å². The SMILES string of the molecule is O=C(Nc1ccc(Cc2ccc(NC(=O)Nc3cccc(Cl)c3)cc2)cc1)Nc1cccc(Cl)c1. The molecule has 4 aromatic carbocycles. The fourth-order valence-electron chi connectivity index (χ4n) is 3.37. The van der Waals surface area contributed by atoms with Gasteiger partial charge in [0.1, 0.15) is 0 Å². The van der Waals surface area contributed by atoms with Crippen molar-refractivity contribution in [2.75, 3.05) is 21.3 Å². The molecule has 4 aromatic rings. The number of halogens is 2. The van der Waals surface area contributed by atoms with Crippen LogP contribution in [0.15, 0.2) is 97.1 Å². The highest BCUT2D eigenvalue weighted by Gasteiger charge is 2.06. The van der Waals surface area contributed by atoms with Crippen LogP contribution in [-0.4, -0.2) is 12.1 Å². The van der Waals surface area contributed by atoms with E-state index >= 15 is 0 Å². The van der Waals surface area contributed by atoms with Gasteiger partial charge in [0.2, 0.25) is 0 Å².